The molecule has 0 amide bonds. The highest BCUT2D eigenvalue weighted by atomic mass is 79.9. The normalized spacial score (nSPS) is 12.7. The molecule has 0 N–H and O–H groups in total. The molecule has 2 nitrogen and oxygen atoms in total. The van der Waals surface area contributed by atoms with E-state index in [1.807, 2.05) is 12.1 Å². The number of ether oxygens (including phenoxy) is 1. The predicted octanol–water partition coefficient (Wildman–Crippen LogP) is 4.46. The van der Waals surface area contributed by atoms with Gasteiger partial charge in [-0.1, -0.05) is 28.1 Å². The van der Waals surface area contributed by atoms with Gasteiger partial charge in [0.2, 0.25) is 0 Å². The maximum atomic E-state index is 5.29. The van der Waals surface area contributed by atoms with E-state index in [0.29, 0.717) is 0 Å². The lowest BCUT2D eigenvalue weighted by atomic mass is 10.1. The fourth-order valence-electron chi connectivity index (χ4n) is 1.74. The van der Waals surface area contributed by atoms with Gasteiger partial charge >= 0.3 is 0 Å². The number of hydrogen-bond donors (Lipinski definition) is 0. The molecule has 0 spiro atoms. The molecule has 0 saturated heterocycles. The van der Waals surface area contributed by atoms with Crippen LogP contribution in [0, 0.1) is 6.92 Å². The number of aromatic nitrogens is 1. The number of hydrogen-bond acceptors (Lipinski definition) is 3. The fraction of sp³-hybridized carbons (Fsp3) is 0.357. The van der Waals surface area contributed by atoms with Gasteiger partial charge in [-0.3, -0.25) is 0 Å². The van der Waals surface area contributed by atoms with Crippen LogP contribution in [-0.4, -0.2) is 18.2 Å². The van der Waals surface area contributed by atoms with Gasteiger partial charge in [0.1, 0.15) is 0 Å². The van der Waals surface area contributed by atoms with Crippen molar-refractivity contribution < 1.29 is 4.74 Å². The van der Waals surface area contributed by atoms with Crippen LogP contribution in [0.1, 0.15) is 16.8 Å². The van der Waals surface area contributed by atoms with E-state index in [0.717, 1.165) is 21.6 Å². The zero-order valence-corrected chi connectivity index (χ0v) is 13.1. The summed E-state index contributed by atoms with van der Waals surface area (Å²) in [6.45, 7) is 4.19. The highest BCUT2D eigenvalue weighted by Gasteiger charge is 2.12. The van der Waals surface area contributed by atoms with Gasteiger partial charge < -0.3 is 4.74 Å². The first-order valence-corrected chi connectivity index (χ1v) is 7.46. The minimum atomic E-state index is 0.216. The molecule has 0 saturated carbocycles. The molecule has 1 aromatic carbocycles. The maximum absolute atomic E-state index is 5.29. The molecule has 1 atom stereocenters. The molecule has 2 aromatic rings. The van der Waals surface area contributed by atoms with Crippen LogP contribution < -0.4 is 0 Å². The van der Waals surface area contributed by atoms with Crippen LogP contribution in [0.2, 0.25) is 0 Å². The van der Waals surface area contributed by atoms with Crippen molar-refractivity contribution in [3.8, 4) is 11.3 Å². The van der Waals surface area contributed by atoms with Gasteiger partial charge in [-0.2, -0.15) is 0 Å². The van der Waals surface area contributed by atoms with E-state index >= 15 is 0 Å². The molecule has 0 fully saturated rings. The predicted molar refractivity (Wildman–Crippen MR) is 80.2 cm³/mol. The highest BCUT2D eigenvalue weighted by molar-refractivity contribution is 9.10. The summed E-state index contributed by atoms with van der Waals surface area (Å²) in [6.07, 6.45) is 1.09. The summed E-state index contributed by atoms with van der Waals surface area (Å²) in [4.78, 5) is 5.98. The monoisotopic (exact) mass is 325 g/mol. The van der Waals surface area contributed by atoms with Crippen LogP contribution in [0.4, 0.5) is 0 Å². The molecule has 96 valence electrons. The maximum Gasteiger partial charge on any atom is 0.0961 e. The average molecular weight is 326 g/mol. The van der Waals surface area contributed by atoms with Crippen molar-refractivity contribution in [2.45, 2.75) is 26.4 Å². The number of benzene rings is 1. The van der Waals surface area contributed by atoms with E-state index in [4.69, 9.17) is 9.72 Å². The third kappa shape index (κ3) is 3.19. The topological polar surface area (TPSA) is 22.1 Å². The van der Waals surface area contributed by atoms with Crippen LogP contribution in [0.3, 0.4) is 0 Å². The van der Waals surface area contributed by atoms with Gasteiger partial charge in [0.25, 0.3) is 0 Å². The highest BCUT2D eigenvalue weighted by Crippen LogP contribution is 2.29. The van der Waals surface area contributed by atoms with Gasteiger partial charge in [0.15, 0.2) is 0 Å². The largest absolute Gasteiger partial charge is 0.381 e. The Bertz CT molecular complexity index is 521. The number of nitrogens with zero attached hydrogens (tertiary/aromatic N) is 1. The van der Waals surface area contributed by atoms with E-state index in [2.05, 4.69) is 41.9 Å². The summed E-state index contributed by atoms with van der Waals surface area (Å²) in [5.74, 6) is 0. The van der Waals surface area contributed by atoms with Gasteiger partial charge in [0.05, 0.1) is 16.8 Å². The lowest BCUT2D eigenvalue weighted by Gasteiger charge is -2.05. The molecular formula is C14H16BrNOS. The number of thiazole rings is 1. The van der Waals surface area contributed by atoms with Crippen molar-refractivity contribution in [1.82, 2.24) is 4.98 Å². The molecule has 1 heterocycles. The molecule has 0 bridgehead atoms. The number of rotatable bonds is 4. The Balaban J connectivity index is 2.26. The first-order chi connectivity index (χ1) is 8.60. The molecule has 4 heteroatoms. The Morgan fingerprint density at radius 2 is 2.00 bits per heavy atom. The first kappa shape index (κ1) is 13.7. The Morgan fingerprint density at radius 1 is 1.33 bits per heavy atom. The lowest BCUT2D eigenvalue weighted by Crippen LogP contribution is -2.08. The third-order valence-corrected chi connectivity index (χ3v) is 4.34. The van der Waals surface area contributed by atoms with Crippen molar-refractivity contribution in [2.75, 3.05) is 7.11 Å². The SMILES string of the molecule is COC(C)Cc1nc(-c2ccc(Br)cc2)c(C)s1. The Morgan fingerprint density at radius 3 is 2.61 bits per heavy atom. The van der Waals surface area contributed by atoms with Crippen LogP contribution in [0.15, 0.2) is 28.7 Å². The van der Waals surface area contributed by atoms with E-state index in [-0.39, 0.29) is 6.10 Å². The quantitative estimate of drug-likeness (QED) is 0.828. The molecule has 0 aliphatic heterocycles. The minimum Gasteiger partial charge on any atom is -0.381 e. The molecule has 0 radical (unpaired) electrons. The molecule has 1 aromatic heterocycles. The van der Waals surface area contributed by atoms with E-state index in [9.17, 15) is 0 Å². The summed E-state index contributed by atoms with van der Waals surface area (Å²) >= 11 is 5.20. The zero-order chi connectivity index (χ0) is 13.1. The summed E-state index contributed by atoms with van der Waals surface area (Å²) in [5, 5.41) is 1.14. The van der Waals surface area contributed by atoms with Crippen molar-refractivity contribution >= 4 is 27.3 Å². The summed E-state index contributed by atoms with van der Waals surface area (Å²) in [7, 11) is 1.74. The van der Waals surface area contributed by atoms with E-state index in [1.165, 1.54) is 10.4 Å². The average Bonchev–Trinajstić information content (AvgIpc) is 2.71. The van der Waals surface area contributed by atoms with Crippen LogP contribution in [-0.2, 0) is 11.2 Å². The molecule has 1 unspecified atom stereocenters. The Labute approximate surface area is 120 Å². The van der Waals surface area contributed by atoms with E-state index < -0.39 is 0 Å². The summed E-state index contributed by atoms with van der Waals surface area (Å²) in [5.41, 5.74) is 2.26. The molecule has 2 rings (SSSR count). The minimum absolute atomic E-state index is 0.216. The molecular weight excluding hydrogens is 310 g/mol. The second-order valence-electron chi connectivity index (χ2n) is 4.27. The standard InChI is InChI=1S/C14H16BrNOS/c1-9(17-3)8-13-16-14(10(2)18-13)11-4-6-12(15)7-5-11/h4-7,9H,8H2,1-3H3. The van der Waals surface area contributed by atoms with Crippen molar-refractivity contribution in [3.05, 3.63) is 38.6 Å². The fourth-order valence-corrected chi connectivity index (χ4v) is 3.08. The van der Waals surface area contributed by atoms with Crippen LogP contribution in [0.5, 0.6) is 0 Å². The second-order valence-corrected chi connectivity index (χ2v) is 6.47. The van der Waals surface area contributed by atoms with Gasteiger partial charge in [-0.05, 0) is 26.0 Å². The number of aryl methyl sites for hydroxylation is 1. The molecule has 0 aliphatic carbocycles. The first-order valence-electron chi connectivity index (χ1n) is 5.85. The molecule has 18 heavy (non-hydrogen) atoms. The van der Waals surface area contributed by atoms with Gasteiger partial charge in [-0.25, -0.2) is 4.98 Å². The number of methoxy groups -OCH3 is 1. The van der Waals surface area contributed by atoms with Crippen molar-refractivity contribution in [2.24, 2.45) is 0 Å². The van der Waals surface area contributed by atoms with Gasteiger partial charge in [0, 0.05) is 28.4 Å². The second kappa shape index (κ2) is 5.95. The number of halogens is 1. The van der Waals surface area contributed by atoms with E-state index in [1.54, 1.807) is 18.4 Å². The third-order valence-electron chi connectivity index (χ3n) is 2.82. The lowest BCUT2D eigenvalue weighted by molar-refractivity contribution is 0.119. The Kier molecular flexibility index (Phi) is 4.54. The van der Waals surface area contributed by atoms with Crippen LogP contribution in [0.25, 0.3) is 11.3 Å². The van der Waals surface area contributed by atoms with Crippen LogP contribution >= 0.6 is 27.3 Å². The smallest absolute Gasteiger partial charge is 0.0961 e. The molecule has 0 aliphatic rings. The zero-order valence-electron chi connectivity index (χ0n) is 10.7. The van der Waals surface area contributed by atoms with Crippen molar-refractivity contribution in [3.63, 3.8) is 0 Å². The summed E-state index contributed by atoms with van der Waals surface area (Å²) < 4.78 is 6.38. The Hall–Kier alpha value is -0.710. The van der Waals surface area contributed by atoms with Crippen molar-refractivity contribution in [1.29, 1.82) is 0 Å². The van der Waals surface area contributed by atoms with Gasteiger partial charge in [-0.15, -0.1) is 11.3 Å². The summed E-state index contributed by atoms with van der Waals surface area (Å²) in [6, 6.07) is 8.28.